The van der Waals surface area contributed by atoms with Gasteiger partial charge in [-0.1, -0.05) is 13.8 Å². The second-order valence-corrected chi connectivity index (χ2v) is 4.84. The molecule has 0 rings (SSSR count). The Bertz CT molecular complexity index is 204. The van der Waals surface area contributed by atoms with Crippen LogP contribution in [0.2, 0.25) is 0 Å². The molecule has 0 unspecified atom stereocenters. The van der Waals surface area contributed by atoms with Crippen molar-refractivity contribution in [1.82, 2.24) is 9.80 Å². The molecule has 0 saturated carbocycles. The Balaban J connectivity index is 4.11. The van der Waals surface area contributed by atoms with Crippen molar-refractivity contribution in [1.29, 1.82) is 0 Å². The van der Waals surface area contributed by atoms with Crippen LogP contribution in [0.25, 0.3) is 0 Å². The van der Waals surface area contributed by atoms with Gasteiger partial charge in [0, 0.05) is 13.1 Å². The van der Waals surface area contributed by atoms with Gasteiger partial charge in [-0.15, -0.1) is 0 Å². The molecule has 0 heterocycles. The summed E-state index contributed by atoms with van der Waals surface area (Å²) in [6.45, 7) is 8.51. The van der Waals surface area contributed by atoms with Crippen LogP contribution in [-0.4, -0.2) is 55.5 Å². The van der Waals surface area contributed by atoms with Crippen molar-refractivity contribution in [2.45, 2.75) is 33.2 Å². The normalized spacial score (nSPS) is 13.2. The molecule has 1 amide bonds. The van der Waals surface area contributed by atoms with E-state index < -0.39 is 0 Å². The van der Waals surface area contributed by atoms with E-state index in [9.17, 15) is 4.79 Å². The number of nitrogens with two attached hydrogens (primary N) is 1. The fourth-order valence-corrected chi connectivity index (χ4v) is 1.50. The Kier molecular flexibility index (Phi) is 7.34. The quantitative estimate of drug-likeness (QED) is 0.701. The van der Waals surface area contributed by atoms with Crippen LogP contribution in [0.5, 0.6) is 0 Å². The summed E-state index contributed by atoms with van der Waals surface area (Å²) in [6, 6.07) is -0.362. The van der Waals surface area contributed by atoms with Gasteiger partial charge in [0.05, 0.1) is 6.04 Å². The van der Waals surface area contributed by atoms with E-state index in [2.05, 4.69) is 4.90 Å². The van der Waals surface area contributed by atoms with Crippen LogP contribution < -0.4 is 5.73 Å². The highest BCUT2D eigenvalue weighted by Crippen LogP contribution is 2.04. The number of likely N-dealkylation sites (N-methyl/N-ethyl adjacent to an activating group) is 1. The Morgan fingerprint density at radius 1 is 1.25 bits per heavy atom. The maximum absolute atomic E-state index is 12.0. The maximum Gasteiger partial charge on any atom is 0.239 e. The average molecular weight is 229 g/mol. The SMILES string of the molecule is CCN(CCCN(C)C)C(=O)[C@H](N)C(C)C. The zero-order valence-corrected chi connectivity index (χ0v) is 11.4. The zero-order valence-electron chi connectivity index (χ0n) is 11.4. The van der Waals surface area contributed by atoms with Crippen LogP contribution in [0.15, 0.2) is 0 Å². The van der Waals surface area contributed by atoms with Crippen LogP contribution in [0, 0.1) is 5.92 Å². The first-order valence-electron chi connectivity index (χ1n) is 6.09. The van der Waals surface area contributed by atoms with Gasteiger partial charge in [0.25, 0.3) is 0 Å². The number of hydrogen-bond acceptors (Lipinski definition) is 3. The number of rotatable bonds is 7. The molecule has 96 valence electrons. The third kappa shape index (κ3) is 5.47. The minimum Gasteiger partial charge on any atom is -0.342 e. The number of hydrogen-bond donors (Lipinski definition) is 1. The van der Waals surface area contributed by atoms with Crippen molar-refractivity contribution >= 4 is 5.91 Å². The molecule has 1 atom stereocenters. The third-order valence-corrected chi connectivity index (χ3v) is 2.73. The molecule has 0 aromatic heterocycles. The van der Waals surface area contributed by atoms with E-state index in [1.165, 1.54) is 0 Å². The van der Waals surface area contributed by atoms with Crippen LogP contribution in [0.1, 0.15) is 27.2 Å². The van der Waals surface area contributed by atoms with Gasteiger partial charge >= 0.3 is 0 Å². The minimum atomic E-state index is -0.362. The highest BCUT2D eigenvalue weighted by Gasteiger charge is 2.21. The highest BCUT2D eigenvalue weighted by molar-refractivity contribution is 5.81. The largest absolute Gasteiger partial charge is 0.342 e. The summed E-state index contributed by atoms with van der Waals surface area (Å²) >= 11 is 0. The van der Waals surface area contributed by atoms with Crippen LogP contribution in [-0.2, 0) is 4.79 Å². The average Bonchev–Trinajstić information content (AvgIpc) is 2.21. The summed E-state index contributed by atoms with van der Waals surface area (Å²) in [5.74, 6) is 0.284. The summed E-state index contributed by atoms with van der Waals surface area (Å²) in [7, 11) is 4.08. The Morgan fingerprint density at radius 2 is 1.81 bits per heavy atom. The van der Waals surface area contributed by atoms with E-state index in [4.69, 9.17) is 5.73 Å². The van der Waals surface area contributed by atoms with Gasteiger partial charge in [0.1, 0.15) is 0 Å². The minimum absolute atomic E-state index is 0.0799. The molecule has 2 N–H and O–H groups in total. The van der Waals surface area contributed by atoms with Gasteiger partial charge in [-0.3, -0.25) is 4.79 Å². The molecule has 4 nitrogen and oxygen atoms in total. The Morgan fingerprint density at radius 3 is 2.19 bits per heavy atom. The fourth-order valence-electron chi connectivity index (χ4n) is 1.50. The highest BCUT2D eigenvalue weighted by atomic mass is 16.2. The predicted octanol–water partition coefficient (Wildman–Crippen LogP) is 0.770. The van der Waals surface area contributed by atoms with Gasteiger partial charge in [0.2, 0.25) is 5.91 Å². The van der Waals surface area contributed by atoms with E-state index >= 15 is 0 Å². The molecule has 0 bridgehead atoms. The monoisotopic (exact) mass is 229 g/mol. The third-order valence-electron chi connectivity index (χ3n) is 2.73. The molecule has 0 spiro atoms. The Labute approximate surface area is 99.8 Å². The fraction of sp³-hybridized carbons (Fsp3) is 0.917. The number of carbonyl (C=O) groups excluding carboxylic acids is 1. The van der Waals surface area contributed by atoms with Crippen LogP contribution in [0.3, 0.4) is 0 Å². The first-order chi connectivity index (χ1) is 7.40. The molecular weight excluding hydrogens is 202 g/mol. The van der Waals surface area contributed by atoms with Crippen LogP contribution in [0.4, 0.5) is 0 Å². The molecule has 0 radical (unpaired) electrons. The zero-order chi connectivity index (χ0) is 12.7. The van der Waals surface area contributed by atoms with E-state index in [1.807, 2.05) is 39.8 Å². The molecule has 0 aromatic rings. The summed E-state index contributed by atoms with van der Waals surface area (Å²) in [4.78, 5) is 16.0. The molecule has 0 aliphatic heterocycles. The summed E-state index contributed by atoms with van der Waals surface area (Å²) in [5.41, 5.74) is 5.87. The first kappa shape index (κ1) is 15.4. The standard InChI is InChI=1S/C12H27N3O/c1-6-15(9-7-8-14(4)5)12(16)11(13)10(2)3/h10-11H,6-9,13H2,1-5H3/t11-/m1/s1. The number of amides is 1. The molecule has 16 heavy (non-hydrogen) atoms. The number of nitrogens with zero attached hydrogens (tertiary/aromatic N) is 2. The molecular formula is C12H27N3O. The molecule has 0 fully saturated rings. The lowest BCUT2D eigenvalue weighted by molar-refractivity contribution is -0.133. The van der Waals surface area contributed by atoms with Crippen molar-refractivity contribution in [2.24, 2.45) is 11.7 Å². The molecule has 0 aliphatic carbocycles. The van der Waals surface area contributed by atoms with E-state index in [0.717, 1.165) is 26.1 Å². The lowest BCUT2D eigenvalue weighted by Crippen LogP contribution is -2.47. The second-order valence-electron chi connectivity index (χ2n) is 4.84. The smallest absolute Gasteiger partial charge is 0.239 e. The number of carbonyl (C=O) groups is 1. The Hall–Kier alpha value is -0.610. The van der Waals surface area contributed by atoms with E-state index in [-0.39, 0.29) is 17.9 Å². The predicted molar refractivity (Wildman–Crippen MR) is 68.2 cm³/mol. The lowest BCUT2D eigenvalue weighted by atomic mass is 10.0. The van der Waals surface area contributed by atoms with Gasteiger partial charge in [-0.05, 0) is 39.9 Å². The summed E-state index contributed by atoms with van der Waals surface area (Å²) < 4.78 is 0. The van der Waals surface area contributed by atoms with Crippen molar-refractivity contribution < 1.29 is 4.79 Å². The molecule has 0 aromatic carbocycles. The molecule has 0 aliphatic rings. The van der Waals surface area contributed by atoms with Gasteiger partial charge in [-0.25, -0.2) is 0 Å². The van der Waals surface area contributed by atoms with E-state index in [1.54, 1.807) is 0 Å². The lowest BCUT2D eigenvalue weighted by Gasteiger charge is -2.26. The maximum atomic E-state index is 12.0. The molecule has 0 saturated heterocycles. The van der Waals surface area contributed by atoms with Gasteiger partial charge in [-0.2, -0.15) is 0 Å². The van der Waals surface area contributed by atoms with Crippen molar-refractivity contribution in [3.05, 3.63) is 0 Å². The van der Waals surface area contributed by atoms with Crippen molar-refractivity contribution in [3.8, 4) is 0 Å². The van der Waals surface area contributed by atoms with Gasteiger partial charge in [0.15, 0.2) is 0 Å². The summed E-state index contributed by atoms with van der Waals surface area (Å²) in [5, 5.41) is 0. The van der Waals surface area contributed by atoms with Crippen molar-refractivity contribution in [2.75, 3.05) is 33.7 Å². The first-order valence-corrected chi connectivity index (χ1v) is 6.09. The second kappa shape index (κ2) is 7.63. The van der Waals surface area contributed by atoms with Gasteiger partial charge < -0.3 is 15.5 Å². The summed E-state index contributed by atoms with van der Waals surface area (Å²) in [6.07, 6.45) is 0.997. The van der Waals surface area contributed by atoms with Crippen molar-refractivity contribution in [3.63, 3.8) is 0 Å². The molecule has 4 heteroatoms. The van der Waals surface area contributed by atoms with Crippen LogP contribution >= 0.6 is 0 Å². The topological polar surface area (TPSA) is 49.6 Å². The van der Waals surface area contributed by atoms with E-state index in [0.29, 0.717) is 0 Å².